The Kier molecular flexibility index (Phi) is 4.86. The molecular formula is C42H26O2. The van der Waals surface area contributed by atoms with E-state index in [0.29, 0.717) is 0 Å². The average molecular weight is 563 g/mol. The third-order valence-electron chi connectivity index (χ3n) is 9.50. The minimum atomic E-state index is 0.891. The maximum Gasteiger partial charge on any atom is 0.136 e. The molecule has 206 valence electrons. The van der Waals surface area contributed by atoms with Crippen molar-refractivity contribution in [2.24, 2.45) is 0 Å². The van der Waals surface area contributed by atoms with Gasteiger partial charge in [-0.25, -0.2) is 0 Å². The Labute approximate surface area is 253 Å². The summed E-state index contributed by atoms with van der Waals surface area (Å²) in [5, 5.41) is 12.0. The molecule has 0 N–H and O–H groups in total. The van der Waals surface area contributed by atoms with Gasteiger partial charge in [0.15, 0.2) is 0 Å². The van der Waals surface area contributed by atoms with Crippen molar-refractivity contribution in [1.82, 2.24) is 0 Å². The van der Waals surface area contributed by atoms with Gasteiger partial charge in [-0.2, -0.15) is 0 Å². The summed E-state index contributed by atoms with van der Waals surface area (Å²) in [6, 6.07) is 41.5. The number of rotatable bonds is 2. The zero-order valence-electron chi connectivity index (χ0n) is 23.9. The zero-order valence-corrected chi connectivity index (χ0v) is 23.9. The molecular weight excluding hydrogens is 536 g/mol. The lowest BCUT2D eigenvalue weighted by molar-refractivity contribution is 0.669. The van der Waals surface area contributed by atoms with Crippen molar-refractivity contribution in [3.8, 4) is 11.1 Å². The van der Waals surface area contributed by atoms with Gasteiger partial charge in [-0.3, -0.25) is 0 Å². The molecule has 1 aliphatic carbocycles. The maximum atomic E-state index is 6.59. The Bertz CT molecular complexity index is 2650. The number of fused-ring (bicyclic) bond motifs is 10. The molecule has 2 aromatic heterocycles. The predicted octanol–water partition coefficient (Wildman–Crippen LogP) is 12.3. The minimum Gasteiger partial charge on any atom is -0.456 e. The molecule has 10 rings (SSSR count). The highest BCUT2D eigenvalue weighted by Crippen LogP contribution is 2.45. The fraction of sp³-hybridized carbons (Fsp3) is 0.0476. The van der Waals surface area contributed by atoms with E-state index in [1.165, 1.54) is 43.6 Å². The molecule has 0 spiro atoms. The van der Waals surface area contributed by atoms with E-state index in [4.69, 9.17) is 8.83 Å². The summed E-state index contributed by atoms with van der Waals surface area (Å²) in [4.78, 5) is 0. The van der Waals surface area contributed by atoms with Gasteiger partial charge in [0.2, 0.25) is 0 Å². The zero-order chi connectivity index (χ0) is 28.8. The van der Waals surface area contributed by atoms with E-state index in [-0.39, 0.29) is 0 Å². The first-order valence-corrected chi connectivity index (χ1v) is 15.3. The van der Waals surface area contributed by atoms with Crippen LogP contribution in [-0.2, 0) is 0 Å². The van der Waals surface area contributed by atoms with Gasteiger partial charge in [-0.05, 0) is 104 Å². The summed E-state index contributed by atoms with van der Waals surface area (Å²) in [5.74, 6) is 0. The second-order valence-corrected chi connectivity index (χ2v) is 11.9. The molecule has 0 saturated heterocycles. The lowest BCUT2D eigenvalue weighted by atomic mass is 9.84. The molecule has 7 aromatic carbocycles. The predicted molar refractivity (Wildman–Crippen MR) is 185 cm³/mol. The molecule has 0 saturated carbocycles. The third-order valence-corrected chi connectivity index (χ3v) is 9.50. The largest absolute Gasteiger partial charge is 0.456 e. The van der Waals surface area contributed by atoms with Crippen molar-refractivity contribution in [3.05, 3.63) is 139 Å². The van der Waals surface area contributed by atoms with Gasteiger partial charge in [0.25, 0.3) is 0 Å². The Balaban J connectivity index is 1.24. The van der Waals surface area contributed by atoms with E-state index in [1.807, 2.05) is 12.1 Å². The van der Waals surface area contributed by atoms with Crippen LogP contribution in [0.15, 0.2) is 142 Å². The quantitative estimate of drug-likeness (QED) is 0.196. The number of hydrogen-bond acceptors (Lipinski definition) is 2. The molecule has 0 bridgehead atoms. The first-order valence-electron chi connectivity index (χ1n) is 15.3. The molecule has 2 nitrogen and oxygen atoms in total. The number of para-hydroxylation sites is 1. The van der Waals surface area contributed by atoms with Crippen molar-refractivity contribution in [2.75, 3.05) is 0 Å². The standard InChI is InChI=1S/C42H26O2/c1-2-10-25(11-3-1)40-29-13-4-6-15-31(29)41(32-16-7-5-14-30(32)40)27-18-20-33-38(23-27)44-37-21-19-26-22-35-28-12-8-9-17-36(28)43-39(35)24-34(26)42(33)37/h1-2,4-10,12-24H,3,11H2. The molecule has 0 fully saturated rings. The van der Waals surface area contributed by atoms with Crippen LogP contribution in [0, 0.1) is 0 Å². The van der Waals surface area contributed by atoms with Crippen LogP contribution in [0.25, 0.3) is 92.9 Å². The fourth-order valence-corrected chi connectivity index (χ4v) is 7.57. The normalized spacial score (nSPS) is 13.8. The number of hydrogen-bond donors (Lipinski definition) is 0. The molecule has 1 aliphatic rings. The van der Waals surface area contributed by atoms with Crippen molar-refractivity contribution in [2.45, 2.75) is 12.8 Å². The molecule has 0 amide bonds. The monoisotopic (exact) mass is 562 g/mol. The second kappa shape index (κ2) is 8.95. The Morgan fingerprint density at radius 2 is 1.14 bits per heavy atom. The van der Waals surface area contributed by atoms with Crippen LogP contribution in [-0.4, -0.2) is 0 Å². The van der Waals surface area contributed by atoms with Gasteiger partial charge in [-0.1, -0.05) is 97.1 Å². The molecule has 0 aliphatic heterocycles. The first-order chi connectivity index (χ1) is 21.8. The number of furan rings is 2. The average Bonchev–Trinajstić information content (AvgIpc) is 3.64. The van der Waals surface area contributed by atoms with Crippen LogP contribution in [0.1, 0.15) is 18.4 Å². The lowest BCUT2D eigenvalue weighted by Gasteiger charge is -2.20. The van der Waals surface area contributed by atoms with Crippen LogP contribution < -0.4 is 0 Å². The van der Waals surface area contributed by atoms with Gasteiger partial charge in [0, 0.05) is 21.5 Å². The molecule has 0 unspecified atom stereocenters. The summed E-state index contributed by atoms with van der Waals surface area (Å²) in [5.41, 5.74) is 8.79. The van der Waals surface area contributed by atoms with Gasteiger partial charge < -0.3 is 8.83 Å². The highest BCUT2D eigenvalue weighted by atomic mass is 16.3. The summed E-state index contributed by atoms with van der Waals surface area (Å²) in [6.07, 6.45) is 8.89. The van der Waals surface area contributed by atoms with Gasteiger partial charge in [0.05, 0.1) is 0 Å². The van der Waals surface area contributed by atoms with E-state index in [9.17, 15) is 0 Å². The fourth-order valence-electron chi connectivity index (χ4n) is 7.57. The number of allylic oxidation sites excluding steroid dienone is 4. The minimum absolute atomic E-state index is 0.891. The Hall–Kier alpha value is -5.60. The van der Waals surface area contributed by atoms with Gasteiger partial charge >= 0.3 is 0 Å². The van der Waals surface area contributed by atoms with Gasteiger partial charge in [0.1, 0.15) is 22.3 Å². The smallest absolute Gasteiger partial charge is 0.136 e. The summed E-state index contributed by atoms with van der Waals surface area (Å²) >= 11 is 0. The SMILES string of the molecule is C1=CCCC(c2c3ccccc3c(-c3ccc4c(c3)oc3ccc5cc6c(cc5c34)oc3ccccc36)c3ccccc23)=C1. The molecule has 44 heavy (non-hydrogen) atoms. The summed E-state index contributed by atoms with van der Waals surface area (Å²) in [7, 11) is 0. The number of benzene rings is 7. The molecule has 0 radical (unpaired) electrons. The highest BCUT2D eigenvalue weighted by Gasteiger charge is 2.20. The van der Waals surface area contributed by atoms with Crippen molar-refractivity contribution < 1.29 is 8.83 Å². The summed E-state index contributed by atoms with van der Waals surface area (Å²) in [6.45, 7) is 0. The molecule has 0 atom stereocenters. The van der Waals surface area contributed by atoms with Crippen LogP contribution in [0.5, 0.6) is 0 Å². The topological polar surface area (TPSA) is 26.3 Å². The molecule has 2 heterocycles. The van der Waals surface area contributed by atoms with E-state index < -0.39 is 0 Å². The lowest BCUT2D eigenvalue weighted by Crippen LogP contribution is -1.95. The van der Waals surface area contributed by atoms with Crippen molar-refractivity contribution in [1.29, 1.82) is 0 Å². The van der Waals surface area contributed by atoms with Crippen LogP contribution in [0.2, 0.25) is 0 Å². The van der Waals surface area contributed by atoms with E-state index in [1.54, 1.807) is 0 Å². The maximum absolute atomic E-state index is 6.59. The van der Waals surface area contributed by atoms with Crippen molar-refractivity contribution >= 4 is 81.8 Å². The van der Waals surface area contributed by atoms with E-state index in [2.05, 4.69) is 121 Å². The van der Waals surface area contributed by atoms with E-state index >= 15 is 0 Å². The Morgan fingerprint density at radius 3 is 1.89 bits per heavy atom. The van der Waals surface area contributed by atoms with Gasteiger partial charge in [-0.15, -0.1) is 0 Å². The first kappa shape index (κ1) is 23.9. The second-order valence-electron chi connectivity index (χ2n) is 11.9. The highest BCUT2D eigenvalue weighted by molar-refractivity contribution is 6.24. The van der Waals surface area contributed by atoms with Crippen molar-refractivity contribution in [3.63, 3.8) is 0 Å². The molecule has 9 aromatic rings. The summed E-state index contributed by atoms with van der Waals surface area (Å²) < 4.78 is 12.9. The Morgan fingerprint density at radius 1 is 0.455 bits per heavy atom. The van der Waals surface area contributed by atoms with Crippen LogP contribution >= 0.6 is 0 Å². The van der Waals surface area contributed by atoms with Crippen LogP contribution in [0.4, 0.5) is 0 Å². The third kappa shape index (κ3) is 3.31. The van der Waals surface area contributed by atoms with Crippen LogP contribution in [0.3, 0.4) is 0 Å². The van der Waals surface area contributed by atoms with E-state index in [0.717, 1.165) is 67.7 Å². The molecule has 2 heteroatoms.